The Labute approximate surface area is 158 Å². The molecule has 1 unspecified atom stereocenters. The molecule has 0 saturated carbocycles. The van der Waals surface area contributed by atoms with Crippen LogP contribution in [0.25, 0.3) is 0 Å². The van der Waals surface area contributed by atoms with Crippen LogP contribution in [0.1, 0.15) is 30.7 Å². The lowest BCUT2D eigenvalue weighted by atomic mass is 9.94. The third-order valence-electron chi connectivity index (χ3n) is 4.22. The number of benzene rings is 1. The Morgan fingerprint density at radius 3 is 2.62 bits per heavy atom. The number of para-hydroxylation sites is 1. The highest BCUT2D eigenvalue weighted by atomic mass is 127. The highest BCUT2D eigenvalue weighted by molar-refractivity contribution is 14.1. The summed E-state index contributed by atoms with van der Waals surface area (Å²) in [5.41, 5.74) is 3.75. The van der Waals surface area contributed by atoms with E-state index in [1.165, 1.54) is 16.8 Å². The summed E-state index contributed by atoms with van der Waals surface area (Å²) in [6.45, 7) is 9.32. The number of ether oxygens (including phenoxy) is 1. The van der Waals surface area contributed by atoms with Crippen molar-refractivity contribution < 1.29 is 9.84 Å². The number of hydrogen-bond acceptors (Lipinski definition) is 3. The average Bonchev–Trinajstić information content (AvgIpc) is 2.84. The second-order valence-corrected chi connectivity index (χ2v) is 8.06. The first kappa shape index (κ1) is 19.3. The topological polar surface area (TPSA) is 57.3 Å². The van der Waals surface area contributed by atoms with Gasteiger partial charge < -0.3 is 20.1 Å². The summed E-state index contributed by atoms with van der Waals surface area (Å²) < 4.78 is 6.75. The largest absolute Gasteiger partial charge is 0.490 e. The summed E-state index contributed by atoms with van der Waals surface area (Å²) in [6, 6.07) is 7.82. The fourth-order valence-corrected chi connectivity index (χ4v) is 3.12. The number of nitrogens with one attached hydrogen (secondary N) is 2. The van der Waals surface area contributed by atoms with Crippen molar-refractivity contribution in [2.24, 2.45) is 0 Å². The van der Waals surface area contributed by atoms with E-state index in [1.54, 1.807) is 0 Å². The molecule has 0 saturated heterocycles. The van der Waals surface area contributed by atoms with Crippen molar-refractivity contribution in [2.45, 2.75) is 45.8 Å². The second kappa shape index (κ2) is 8.36. The molecule has 1 aromatic carbocycles. The maximum absolute atomic E-state index is 10.2. The number of β-amino-alcohol motifs (C(OH)–C–C–N with tert-alkyl or cyclic N) is 1. The van der Waals surface area contributed by atoms with Gasteiger partial charge in [0.15, 0.2) is 0 Å². The van der Waals surface area contributed by atoms with E-state index in [1.807, 2.05) is 24.3 Å². The van der Waals surface area contributed by atoms with Gasteiger partial charge in [0.05, 0.1) is 3.57 Å². The molecule has 0 amide bonds. The molecule has 4 nitrogen and oxygen atoms in total. The lowest BCUT2D eigenvalue weighted by molar-refractivity contribution is 0.0984. The lowest BCUT2D eigenvalue weighted by Gasteiger charge is -2.28. The Morgan fingerprint density at radius 1 is 1.29 bits per heavy atom. The van der Waals surface area contributed by atoms with Crippen LogP contribution in [0.2, 0.25) is 0 Å². The fourth-order valence-electron chi connectivity index (χ4n) is 2.58. The summed E-state index contributed by atoms with van der Waals surface area (Å²) in [6.07, 6.45) is 2.44. The van der Waals surface area contributed by atoms with E-state index < -0.39 is 6.10 Å². The van der Waals surface area contributed by atoms with Crippen LogP contribution in [0.15, 0.2) is 30.5 Å². The van der Waals surface area contributed by atoms with Crippen LogP contribution in [-0.4, -0.2) is 34.9 Å². The summed E-state index contributed by atoms with van der Waals surface area (Å²) in [5, 5.41) is 13.6. The maximum Gasteiger partial charge on any atom is 0.132 e. The van der Waals surface area contributed by atoms with Crippen LogP contribution < -0.4 is 10.1 Å². The Balaban J connectivity index is 1.80. The van der Waals surface area contributed by atoms with E-state index in [4.69, 9.17) is 4.74 Å². The number of aromatic amines is 1. The summed E-state index contributed by atoms with van der Waals surface area (Å²) in [4.78, 5) is 3.27. The van der Waals surface area contributed by atoms with Crippen LogP contribution in [-0.2, 0) is 6.42 Å². The summed E-state index contributed by atoms with van der Waals surface area (Å²) >= 11 is 2.23. The molecule has 0 aliphatic carbocycles. The molecule has 0 radical (unpaired) electrons. The Morgan fingerprint density at radius 2 is 2.00 bits per heavy atom. The minimum atomic E-state index is -0.547. The normalized spacial score (nSPS) is 13.1. The standard InChI is InChI=1S/C19H27IN2O2/c1-13-14(2)21-10-15(13)9-19(3,4)22-11-16(23)12-24-18-8-6-5-7-17(18)20/h5-8,10,16,21-23H,9,11-12H2,1-4H3. The van der Waals surface area contributed by atoms with Crippen molar-refractivity contribution in [2.75, 3.05) is 13.2 Å². The van der Waals surface area contributed by atoms with E-state index >= 15 is 0 Å². The van der Waals surface area contributed by atoms with Crippen LogP contribution in [0.5, 0.6) is 5.75 Å². The van der Waals surface area contributed by atoms with Crippen molar-refractivity contribution in [3.63, 3.8) is 0 Å². The zero-order valence-corrected chi connectivity index (χ0v) is 17.0. The van der Waals surface area contributed by atoms with Crippen LogP contribution in [0.4, 0.5) is 0 Å². The molecule has 0 aliphatic heterocycles. The molecule has 0 fully saturated rings. The molecule has 5 heteroatoms. The van der Waals surface area contributed by atoms with E-state index in [-0.39, 0.29) is 12.1 Å². The van der Waals surface area contributed by atoms with Gasteiger partial charge >= 0.3 is 0 Å². The van der Waals surface area contributed by atoms with Gasteiger partial charge in [-0.1, -0.05) is 12.1 Å². The fraction of sp³-hybridized carbons (Fsp3) is 0.474. The zero-order chi connectivity index (χ0) is 17.7. The first-order valence-corrected chi connectivity index (χ1v) is 9.30. The quantitative estimate of drug-likeness (QED) is 0.548. The minimum Gasteiger partial charge on any atom is -0.490 e. The van der Waals surface area contributed by atoms with E-state index in [2.05, 4.69) is 66.8 Å². The monoisotopic (exact) mass is 442 g/mol. The molecule has 1 aromatic heterocycles. The lowest BCUT2D eigenvalue weighted by Crippen LogP contribution is -2.46. The van der Waals surface area contributed by atoms with Gasteiger partial charge in [0.2, 0.25) is 0 Å². The number of halogens is 1. The highest BCUT2D eigenvalue weighted by Gasteiger charge is 2.21. The Bertz CT molecular complexity index is 667. The van der Waals surface area contributed by atoms with Gasteiger partial charge in [-0.25, -0.2) is 0 Å². The number of aliphatic hydroxyl groups excluding tert-OH is 1. The van der Waals surface area contributed by atoms with Crippen molar-refractivity contribution in [1.29, 1.82) is 0 Å². The summed E-state index contributed by atoms with van der Waals surface area (Å²) in [7, 11) is 0. The number of aryl methyl sites for hydroxylation is 1. The van der Waals surface area contributed by atoms with Gasteiger partial charge in [-0.2, -0.15) is 0 Å². The van der Waals surface area contributed by atoms with E-state index in [0.29, 0.717) is 6.54 Å². The summed E-state index contributed by atoms with van der Waals surface area (Å²) in [5.74, 6) is 0.815. The van der Waals surface area contributed by atoms with Crippen molar-refractivity contribution in [3.8, 4) is 5.75 Å². The van der Waals surface area contributed by atoms with Crippen molar-refractivity contribution >= 4 is 22.6 Å². The molecule has 0 spiro atoms. The second-order valence-electron chi connectivity index (χ2n) is 6.90. The maximum atomic E-state index is 10.2. The molecule has 132 valence electrons. The third-order valence-corrected chi connectivity index (χ3v) is 5.11. The van der Waals surface area contributed by atoms with Gasteiger partial charge in [0.25, 0.3) is 0 Å². The number of hydrogen-bond donors (Lipinski definition) is 3. The van der Waals surface area contributed by atoms with Crippen molar-refractivity contribution in [1.82, 2.24) is 10.3 Å². The molecular formula is C19H27IN2O2. The number of aromatic nitrogens is 1. The van der Waals surface area contributed by atoms with Gasteiger partial charge in [0.1, 0.15) is 18.5 Å². The molecule has 24 heavy (non-hydrogen) atoms. The Kier molecular flexibility index (Phi) is 6.71. The Hall–Kier alpha value is -1.05. The minimum absolute atomic E-state index is 0.0957. The third kappa shape index (κ3) is 5.50. The zero-order valence-electron chi connectivity index (χ0n) is 14.8. The smallest absolute Gasteiger partial charge is 0.132 e. The van der Waals surface area contributed by atoms with Gasteiger partial charge in [-0.15, -0.1) is 0 Å². The van der Waals surface area contributed by atoms with Crippen molar-refractivity contribution in [3.05, 3.63) is 50.9 Å². The van der Waals surface area contributed by atoms with E-state index in [0.717, 1.165) is 15.7 Å². The number of rotatable bonds is 8. The molecule has 3 N–H and O–H groups in total. The first-order valence-electron chi connectivity index (χ1n) is 8.22. The SMILES string of the molecule is Cc1[nH]cc(CC(C)(C)NCC(O)COc2ccccc2I)c1C. The molecule has 0 bridgehead atoms. The molecule has 0 aliphatic rings. The molecule has 1 heterocycles. The van der Waals surface area contributed by atoms with E-state index in [9.17, 15) is 5.11 Å². The predicted octanol–water partition coefficient (Wildman–Crippen LogP) is 3.59. The molecule has 1 atom stereocenters. The first-order chi connectivity index (χ1) is 11.3. The molecule has 2 rings (SSSR count). The number of aliphatic hydroxyl groups is 1. The average molecular weight is 442 g/mol. The molecular weight excluding hydrogens is 415 g/mol. The molecule has 2 aromatic rings. The van der Waals surface area contributed by atoms with Crippen LogP contribution in [0, 0.1) is 17.4 Å². The highest BCUT2D eigenvalue weighted by Crippen LogP contribution is 2.20. The van der Waals surface area contributed by atoms with Crippen LogP contribution >= 0.6 is 22.6 Å². The van der Waals surface area contributed by atoms with Gasteiger partial charge in [0, 0.05) is 24.0 Å². The number of H-pyrrole nitrogens is 1. The van der Waals surface area contributed by atoms with Gasteiger partial charge in [-0.05, 0) is 80.0 Å². The van der Waals surface area contributed by atoms with Gasteiger partial charge in [-0.3, -0.25) is 0 Å². The predicted molar refractivity (Wildman–Crippen MR) is 107 cm³/mol. The van der Waals surface area contributed by atoms with Crippen LogP contribution in [0.3, 0.4) is 0 Å².